The number of nitrogens with zero attached hydrogens (tertiary/aromatic N) is 2. The SMILES string of the molecule is COCCNC(=O)[C@H](C)N(Cc1ccc(OC)cc1)C(=O)CN(Cc1ccccc1)S(C)(=O)=O. The van der Waals surface area contributed by atoms with Crippen LogP contribution in [0, 0.1) is 0 Å². The summed E-state index contributed by atoms with van der Waals surface area (Å²) in [6, 6.07) is 15.3. The van der Waals surface area contributed by atoms with Gasteiger partial charge in [-0.15, -0.1) is 0 Å². The second-order valence-corrected chi connectivity index (χ2v) is 9.83. The number of rotatable bonds is 13. The zero-order valence-electron chi connectivity index (χ0n) is 20.1. The first-order valence-corrected chi connectivity index (χ1v) is 12.7. The first-order valence-electron chi connectivity index (χ1n) is 10.8. The Balaban J connectivity index is 2.26. The van der Waals surface area contributed by atoms with Crippen LogP contribution in [0.3, 0.4) is 0 Å². The van der Waals surface area contributed by atoms with Gasteiger partial charge in [0.25, 0.3) is 0 Å². The minimum Gasteiger partial charge on any atom is -0.497 e. The van der Waals surface area contributed by atoms with Gasteiger partial charge in [0.2, 0.25) is 21.8 Å². The second kappa shape index (κ2) is 13.1. The Hall–Kier alpha value is -2.95. The molecule has 0 aliphatic heterocycles. The zero-order chi connectivity index (χ0) is 25.1. The maximum atomic E-state index is 13.4. The van der Waals surface area contributed by atoms with Gasteiger partial charge in [-0.3, -0.25) is 9.59 Å². The molecule has 0 aliphatic rings. The number of carbonyl (C=O) groups is 2. The summed E-state index contributed by atoms with van der Waals surface area (Å²) in [6.07, 6.45) is 1.07. The summed E-state index contributed by atoms with van der Waals surface area (Å²) in [5, 5.41) is 2.74. The van der Waals surface area contributed by atoms with Gasteiger partial charge in [0.1, 0.15) is 11.8 Å². The molecule has 0 unspecified atom stereocenters. The van der Waals surface area contributed by atoms with Crippen LogP contribution >= 0.6 is 0 Å². The van der Waals surface area contributed by atoms with E-state index in [4.69, 9.17) is 9.47 Å². The van der Waals surface area contributed by atoms with Gasteiger partial charge in [0, 0.05) is 26.7 Å². The van der Waals surface area contributed by atoms with E-state index in [0.717, 1.165) is 21.7 Å². The molecule has 186 valence electrons. The topological polar surface area (TPSA) is 105 Å². The molecule has 0 spiro atoms. The maximum Gasteiger partial charge on any atom is 0.242 e. The summed E-state index contributed by atoms with van der Waals surface area (Å²) in [6.45, 7) is 2.05. The zero-order valence-corrected chi connectivity index (χ0v) is 20.9. The minimum atomic E-state index is -3.68. The molecule has 0 aliphatic carbocycles. The Morgan fingerprint density at radius 1 is 0.971 bits per heavy atom. The number of nitrogens with one attached hydrogen (secondary N) is 1. The van der Waals surface area contributed by atoms with Crippen molar-refractivity contribution in [3.63, 3.8) is 0 Å². The molecule has 0 heterocycles. The van der Waals surface area contributed by atoms with Gasteiger partial charge in [-0.05, 0) is 30.2 Å². The predicted octanol–water partition coefficient (Wildman–Crippen LogP) is 1.64. The molecular formula is C24H33N3O6S. The molecule has 0 bridgehead atoms. The fourth-order valence-corrected chi connectivity index (χ4v) is 3.98. The van der Waals surface area contributed by atoms with E-state index >= 15 is 0 Å². The number of hydrogen-bond donors (Lipinski definition) is 1. The lowest BCUT2D eigenvalue weighted by Gasteiger charge is -2.31. The molecule has 0 aromatic heterocycles. The fraction of sp³-hybridized carbons (Fsp3) is 0.417. The molecule has 0 saturated carbocycles. The Morgan fingerprint density at radius 3 is 2.15 bits per heavy atom. The van der Waals surface area contributed by atoms with Crippen molar-refractivity contribution in [3.05, 3.63) is 65.7 Å². The highest BCUT2D eigenvalue weighted by atomic mass is 32.2. The molecule has 2 amide bonds. The monoisotopic (exact) mass is 491 g/mol. The number of ether oxygens (including phenoxy) is 2. The number of carbonyl (C=O) groups excluding carboxylic acids is 2. The molecule has 34 heavy (non-hydrogen) atoms. The van der Waals surface area contributed by atoms with Gasteiger partial charge in [-0.1, -0.05) is 42.5 Å². The largest absolute Gasteiger partial charge is 0.497 e. The molecule has 2 rings (SSSR count). The van der Waals surface area contributed by atoms with Crippen LogP contribution in [0.1, 0.15) is 18.1 Å². The Morgan fingerprint density at radius 2 is 1.59 bits per heavy atom. The van der Waals surface area contributed by atoms with E-state index in [0.29, 0.717) is 18.9 Å². The van der Waals surface area contributed by atoms with Crippen LogP contribution in [0.4, 0.5) is 0 Å². The molecule has 1 atom stereocenters. The Labute approximate surface area is 201 Å². The van der Waals surface area contributed by atoms with Crippen molar-refractivity contribution in [3.8, 4) is 5.75 Å². The van der Waals surface area contributed by atoms with Crippen LogP contribution in [-0.2, 0) is 37.4 Å². The second-order valence-electron chi connectivity index (χ2n) is 7.85. The smallest absolute Gasteiger partial charge is 0.242 e. The van der Waals surface area contributed by atoms with Gasteiger partial charge in [-0.25, -0.2) is 8.42 Å². The van der Waals surface area contributed by atoms with Gasteiger partial charge in [0.15, 0.2) is 0 Å². The van der Waals surface area contributed by atoms with E-state index in [1.165, 1.54) is 12.0 Å². The molecule has 0 fully saturated rings. The third kappa shape index (κ3) is 8.44. The van der Waals surface area contributed by atoms with Gasteiger partial charge >= 0.3 is 0 Å². The molecule has 1 N–H and O–H groups in total. The van der Waals surface area contributed by atoms with Gasteiger partial charge < -0.3 is 19.7 Å². The average Bonchev–Trinajstić information content (AvgIpc) is 2.82. The summed E-state index contributed by atoms with van der Waals surface area (Å²) in [5.74, 6) is -0.169. The van der Waals surface area contributed by atoms with E-state index in [-0.39, 0.29) is 25.5 Å². The lowest BCUT2D eigenvalue weighted by Crippen LogP contribution is -2.51. The molecule has 2 aromatic carbocycles. The maximum absolute atomic E-state index is 13.4. The summed E-state index contributed by atoms with van der Waals surface area (Å²) in [4.78, 5) is 27.5. The Bertz CT molecular complexity index is 1030. The van der Waals surface area contributed by atoms with Crippen LogP contribution in [0.5, 0.6) is 5.75 Å². The standard InChI is InChI=1S/C24H33N3O6S/c1-19(24(29)25-14-15-32-2)27(17-21-10-12-22(33-3)13-11-21)23(28)18-26(34(4,30)31)16-20-8-6-5-7-9-20/h5-13,19H,14-18H2,1-4H3,(H,25,29)/t19-/m0/s1. The number of methoxy groups -OCH3 is 2. The van der Waals surface area contributed by atoms with Crippen molar-refractivity contribution < 1.29 is 27.5 Å². The molecular weight excluding hydrogens is 458 g/mol. The molecule has 0 saturated heterocycles. The number of hydrogen-bond acceptors (Lipinski definition) is 6. The third-order valence-electron chi connectivity index (χ3n) is 5.27. The molecule has 2 aromatic rings. The Kier molecular flexibility index (Phi) is 10.5. The van der Waals surface area contributed by atoms with Crippen LogP contribution < -0.4 is 10.1 Å². The number of amides is 2. The molecule has 0 radical (unpaired) electrons. The lowest BCUT2D eigenvalue weighted by molar-refractivity contribution is -0.140. The van der Waals surface area contributed by atoms with Crippen molar-refractivity contribution in [2.24, 2.45) is 0 Å². The van der Waals surface area contributed by atoms with Crippen LogP contribution in [-0.4, -0.2) is 75.7 Å². The summed E-state index contributed by atoms with van der Waals surface area (Å²) in [5.41, 5.74) is 1.53. The fourth-order valence-electron chi connectivity index (χ4n) is 3.25. The van der Waals surface area contributed by atoms with Crippen LogP contribution in [0.25, 0.3) is 0 Å². The summed E-state index contributed by atoms with van der Waals surface area (Å²) < 4.78 is 36.2. The summed E-state index contributed by atoms with van der Waals surface area (Å²) >= 11 is 0. The first kappa shape index (κ1) is 27.3. The first-order chi connectivity index (χ1) is 16.2. The van der Waals surface area contributed by atoms with E-state index in [1.807, 2.05) is 6.07 Å². The third-order valence-corrected chi connectivity index (χ3v) is 6.46. The predicted molar refractivity (Wildman–Crippen MR) is 130 cm³/mol. The van der Waals surface area contributed by atoms with E-state index in [1.54, 1.807) is 62.6 Å². The lowest BCUT2D eigenvalue weighted by atomic mass is 10.1. The van der Waals surface area contributed by atoms with Gasteiger partial charge in [-0.2, -0.15) is 4.31 Å². The van der Waals surface area contributed by atoms with Crippen molar-refractivity contribution in [1.82, 2.24) is 14.5 Å². The van der Waals surface area contributed by atoms with E-state index in [2.05, 4.69) is 5.32 Å². The quantitative estimate of drug-likeness (QED) is 0.427. The highest BCUT2D eigenvalue weighted by molar-refractivity contribution is 7.88. The van der Waals surface area contributed by atoms with Crippen molar-refractivity contribution in [2.45, 2.75) is 26.1 Å². The molecule has 9 nitrogen and oxygen atoms in total. The average molecular weight is 492 g/mol. The highest BCUT2D eigenvalue weighted by Crippen LogP contribution is 2.16. The minimum absolute atomic E-state index is 0.0518. The normalized spacial score (nSPS) is 12.3. The van der Waals surface area contributed by atoms with Crippen molar-refractivity contribution >= 4 is 21.8 Å². The summed E-state index contributed by atoms with van der Waals surface area (Å²) in [7, 11) is -0.596. The van der Waals surface area contributed by atoms with E-state index in [9.17, 15) is 18.0 Å². The van der Waals surface area contributed by atoms with E-state index < -0.39 is 22.0 Å². The van der Waals surface area contributed by atoms with Crippen molar-refractivity contribution in [2.75, 3.05) is 40.2 Å². The highest BCUT2D eigenvalue weighted by Gasteiger charge is 2.29. The molecule has 10 heteroatoms. The van der Waals surface area contributed by atoms with Crippen LogP contribution in [0.15, 0.2) is 54.6 Å². The van der Waals surface area contributed by atoms with Gasteiger partial charge in [0.05, 0.1) is 26.5 Å². The van der Waals surface area contributed by atoms with Crippen LogP contribution in [0.2, 0.25) is 0 Å². The van der Waals surface area contributed by atoms with Crippen molar-refractivity contribution in [1.29, 1.82) is 0 Å². The number of sulfonamides is 1. The number of benzene rings is 2.